The van der Waals surface area contributed by atoms with Crippen molar-refractivity contribution in [3.63, 3.8) is 0 Å². The van der Waals surface area contributed by atoms with Crippen molar-refractivity contribution in [3.05, 3.63) is 58.2 Å². The molecule has 0 atom stereocenters. The number of thiophene rings is 1. The van der Waals surface area contributed by atoms with Gasteiger partial charge in [0.25, 0.3) is 5.91 Å². The maximum atomic E-state index is 13.3. The van der Waals surface area contributed by atoms with Crippen molar-refractivity contribution in [2.45, 2.75) is 4.90 Å². The molecule has 0 radical (unpaired) electrons. The van der Waals surface area contributed by atoms with Crippen LogP contribution in [0.5, 0.6) is 0 Å². The first-order valence-electron chi connectivity index (χ1n) is 7.46. The summed E-state index contributed by atoms with van der Waals surface area (Å²) in [5.41, 5.74) is 0.619. The van der Waals surface area contributed by atoms with E-state index in [1.165, 1.54) is 18.2 Å². The van der Waals surface area contributed by atoms with Gasteiger partial charge in [-0.05, 0) is 42.7 Å². The molecule has 0 saturated heterocycles. The molecule has 0 unspecified atom stereocenters. The normalized spacial score (nSPS) is 10.7. The Hall–Kier alpha value is -2.09. The lowest BCUT2D eigenvalue weighted by Gasteiger charge is -2.07. The third-order valence-corrected chi connectivity index (χ3v) is 5.83. The van der Waals surface area contributed by atoms with Crippen molar-refractivity contribution in [2.75, 3.05) is 18.2 Å². The van der Waals surface area contributed by atoms with E-state index in [-0.39, 0.29) is 9.90 Å². The molecule has 8 heteroatoms. The quantitative estimate of drug-likeness (QED) is 0.464. The van der Waals surface area contributed by atoms with Crippen molar-refractivity contribution in [2.24, 2.45) is 0 Å². The Morgan fingerprint density at radius 2 is 2.08 bits per heavy atom. The van der Waals surface area contributed by atoms with E-state index in [1.807, 2.05) is 24.5 Å². The molecule has 0 saturated carbocycles. The fourth-order valence-electron chi connectivity index (χ4n) is 2.26. The summed E-state index contributed by atoms with van der Waals surface area (Å²) >= 11 is 8.75. The van der Waals surface area contributed by atoms with E-state index >= 15 is 0 Å². The van der Waals surface area contributed by atoms with Crippen LogP contribution in [0.4, 0.5) is 10.1 Å². The van der Waals surface area contributed by atoms with Crippen LogP contribution in [-0.2, 0) is 9.53 Å². The number of carbonyl (C=O) groups excluding carboxylic acids is 2. The first-order chi connectivity index (χ1) is 12.5. The van der Waals surface area contributed by atoms with E-state index in [9.17, 15) is 14.0 Å². The molecule has 2 aromatic carbocycles. The maximum absolute atomic E-state index is 13.3. The second-order valence-electron chi connectivity index (χ2n) is 5.24. The summed E-state index contributed by atoms with van der Waals surface area (Å²) in [6, 6.07) is 11.4. The van der Waals surface area contributed by atoms with Crippen LogP contribution in [0.3, 0.4) is 0 Å². The molecule has 1 amide bonds. The fraction of sp³-hybridized carbons (Fsp3) is 0.111. The first kappa shape index (κ1) is 18.7. The summed E-state index contributed by atoms with van der Waals surface area (Å²) < 4.78 is 18.9. The highest BCUT2D eigenvalue weighted by molar-refractivity contribution is 7.98. The maximum Gasteiger partial charge on any atom is 0.350 e. The number of amides is 1. The van der Waals surface area contributed by atoms with Crippen LogP contribution in [0.1, 0.15) is 9.67 Å². The van der Waals surface area contributed by atoms with Crippen molar-refractivity contribution in [1.29, 1.82) is 0 Å². The molecule has 0 aliphatic heterocycles. The lowest BCUT2D eigenvalue weighted by molar-refractivity contribution is -0.119. The number of hydrogen-bond donors (Lipinski definition) is 1. The van der Waals surface area contributed by atoms with Gasteiger partial charge < -0.3 is 10.1 Å². The number of halogens is 2. The summed E-state index contributed by atoms with van der Waals surface area (Å²) in [5.74, 6) is -1.59. The highest BCUT2D eigenvalue weighted by Crippen LogP contribution is 2.36. The van der Waals surface area contributed by atoms with Crippen LogP contribution < -0.4 is 5.32 Å². The van der Waals surface area contributed by atoms with Gasteiger partial charge in [0.15, 0.2) is 6.61 Å². The lowest BCUT2D eigenvalue weighted by atomic mass is 10.2. The molecular formula is C18H13ClFNO3S2. The average Bonchev–Trinajstić information content (AvgIpc) is 2.95. The second-order valence-corrected chi connectivity index (χ2v) is 7.55. The molecule has 4 nitrogen and oxygen atoms in total. The zero-order chi connectivity index (χ0) is 18.7. The molecule has 0 aliphatic rings. The van der Waals surface area contributed by atoms with Crippen LogP contribution in [0, 0.1) is 5.82 Å². The molecule has 26 heavy (non-hydrogen) atoms. The summed E-state index contributed by atoms with van der Waals surface area (Å²) in [5, 5.41) is 3.43. The number of anilines is 1. The number of hydrogen-bond acceptors (Lipinski definition) is 5. The number of fused-ring (bicyclic) bond motifs is 1. The Bertz CT molecular complexity index is 990. The van der Waals surface area contributed by atoms with Gasteiger partial charge in [-0.25, -0.2) is 9.18 Å². The molecule has 1 aromatic heterocycles. The predicted octanol–water partition coefficient (Wildman–Crippen LogP) is 5.21. The van der Waals surface area contributed by atoms with E-state index in [1.54, 1.807) is 17.8 Å². The molecule has 3 rings (SSSR count). The molecular weight excluding hydrogens is 397 g/mol. The summed E-state index contributed by atoms with van der Waals surface area (Å²) in [4.78, 5) is 25.3. The van der Waals surface area contributed by atoms with Crippen molar-refractivity contribution < 1.29 is 18.7 Å². The van der Waals surface area contributed by atoms with Gasteiger partial charge in [0.1, 0.15) is 10.7 Å². The van der Waals surface area contributed by atoms with Crippen molar-refractivity contribution in [3.8, 4) is 0 Å². The molecule has 1 N–H and O–H groups in total. The number of benzene rings is 2. The minimum atomic E-state index is -0.718. The van der Waals surface area contributed by atoms with Gasteiger partial charge in [-0.15, -0.1) is 23.1 Å². The van der Waals surface area contributed by atoms with Gasteiger partial charge in [0.2, 0.25) is 0 Å². The number of ether oxygens (including phenoxy) is 1. The number of carbonyl (C=O) groups is 2. The topological polar surface area (TPSA) is 55.4 Å². The van der Waals surface area contributed by atoms with Crippen LogP contribution in [0.2, 0.25) is 5.02 Å². The van der Waals surface area contributed by atoms with E-state index in [0.29, 0.717) is 15.8 Å². The van der Waals surface area contributed by atoms with E-state index in [4.69, 9.17) is 16.3 Å². The van der Waals surface area contributed by atoms with E-state index in [0.717, 1.165) is 16.2 Å². The summed E-state index contributed by atoms with van der Waals surface area (Å²) in [6.07, 6.45) is 1.93. The van der Waals surface area contributed by atoms with Crippen LogP contribution in [0.15, 0.2) is 47.4 Å². The van der Waals surface area contributed by atoms with Crippen molar-refractivity contribution in [1.82, 2.24) is 0 Å². The Morgan fingerprint density at radius 1 is 1.27 bits per heavy atom. The molecule has 1 heterocycles. The third-order valence-electron chi connectivity index (χ3n) is 3.46. The Labute approximate surface area is 162 Å². The van der Waals surface area contributed by atoms with Gasteiger partial charge in [0, 0.05) is 20.7 Å². The van der Waals surface area contributed by atoms with Gasteiger partial charge >= 0.3 is 5.97 Å². The molecule has 134 valence electrons. The Balaban J connectivity index is 1.65. The summed E-state index contributed by atoms with van der Waals surface area (Å²) in [6.45, 7) is -0.443. The van der Waals surface area contributed by atoms with Crippen LogP contribution >= 0.6 is 34.7 Å². The Morgan fingerprint density at radius 3 is 2.85 bits per heavy atom. The van der Waals surface area contributed by atoms with Crippen molar-refractivity contribution >= 4 is 62.3 Å². The fourth-order valence-corrected chi connectivity index (χ4v) is 4.15. The zero-order valence-corrected chi connectivity index (χ0v) is 15.9. The SMILES string of the molecule is CSc1cccc(NC(=O)COC(=O)c2sc3cc(F)ccc3c2Cl)c1. The molecule has 0 aliphatic carbocycles. The Kier molecular flexibility index (Phi) is 5.80. The average molecular weight is 410 g/mol. The molecule has 3 aromatic rings. The minimum absolute atomic E-state index is 0.143. The number of rotatable bonds is 5. The van der Waals surface area contributed by atoms with Gasteiger partial charge in [0.05, 0.1) is 5.02 Å². The standard InChI is InChI=1S/C18H13ClFNO3S2/c1-25-12-4-2-3-11(8-12)21-15(22)9-24-18(23)17-16(19)13-6-5-10(20)7-14(13)26-17/h2-8H,9H2,1H3,(H,21,22). The van der Waals surface area contributed by atoms with E-state index < -0.39 is 24.3 Å². The second kappa shape index (κ2) is 8.07. The number of esters is 1. The van der Waals surface area contributed by atoms with Gasteiger partial charge in [-0.1, -0.05) is 17.7 Å². The highest BCUT2D eigenvalue weighted by Gasteiger charge is 2.19. The first-order valence-corrected chi connectivity index (χ1v) is 9.88. The molecule has 0 spiro atoms. The number of thioether (sulfide) groups is 1. The zero-order valence-electron chi connectivity index (χ0n) is 13.5. The number of nitrogens with one attached hydrogen (secondary N) is 1. The summed E-state index contributed by atoms with van der Waals surface area (Å²) in [7, 11) is 0. The van der Waals surface area contributed by atoms with Crippen LogP contribution in [-0.4, -0.2) is 24.7 Å². The monoisotopic (exact) mass is 409 g/mol. The minimum Gasteiger partial charge on any atom is -0.451 e. The van der Waals surface area contributed by atoms with E-state index in [2.05, 4.69) is 5.32 Å². The molecule has 0 bridgehead atoms. The third kappa shape index (κ3) is 4.17. The highest BCUT2D eigenvalue weighted by atomic mass is 35.5. The predicted molar refractivity (Wildman–Crippen MR) is 104 cm³/mol. The van der Waals surface area contributed by atoms with Gasteiger partial charge in [-0.2, -0.15) is 0 Å². The smallest absolute Gasteiger partial charge is 0.350 e. The lowest BCUT2D eigenvalue weighted by Crippen LogP contribution is -2.20. The van der Waals surface area contributed by atoms with Gasteiger partial charge in [-0.3, -0.25) is 4.79 Å². The van der Waals surface area contributed by atoms with Crippen LogP contribution in [0.25, 0.3) is 10.1 Å². The molecule has 0 fully saturated rings. The largest absolute Gasteiger partial charge is 0.451 e.